The molecule has 0 amide bonds. The summed E-state index contributed by atoms with van der Waals surface area (Å²) in [6, 6.07) is 9.56. The van der Waals surface area contributed by atoms with Gasteiger partial charge >= 0.3 is 5.97 Å². The number of hydrogen-bond acceptors (Lipinski definition) is 7. The summed E-state index contributed by atoms with van der Waals surface area (Å²) in [5.41, 5.74) is 1.22. The van der Waals surface area contributed by atoms with Gasteiger partial charge in [0.1, 0.15) is 11.7 Å². The van der Waals surface area contributed by atoms with Crippen LogP contribution in [0.2, 0.25) is 0 Å². The summed E-state index contributed by atoms with van der Waals surface area (Å²) in [6.45, 7) is 2.17. The van der Waals surface area contributed by atoms with E-state index in [1.165, 1.54) is 18.0 Å². The Kier molecular flexibility index (Phi) is 4.80. The molecule has 1 atom stereocenters. The van der Waals surface area contributed by atoms with Crippen LogP contribution in [0, 0.1) is 5.92 Å². The Morgan fingerprint density at radius 2 is 2.12 bits per heavy atom. The second-order valence-corrected chi connectivity index (χ2v) is 5.98. The summed E-state index contributed by atoms with van der Waals surface area (Å²) in [7, 11) is 0. The van der Waals surface area contributed by atoms with Gasteiger partial charge in [0.05, 0.1) is 12.2 Å². The van der Waals surface area contributed by atoms with E-state index in [1.807, 2.05) is 41.5 Å². The third-order valence-electron chi connectivity index (χ3n) is 3.77. The Morgan fingerprint density at radius 3 is 2.79 bits per heavy atom. The number of fused-ring (bicyclic) bond motifs is 1. The molecule has 2 heterocycles. The summed E-state index contributed by atoms with van der Waals surface area (Å²) in [4.78, 5) is 35.4. The van der Waals surface area contributed by atoms with Crippen LogP contribution in [0.25, 0.3) is 0 Å². The molecule has 1 aliphatic heterocycles. The van der Waals surface area contributed by atoms with E-state index < -0.39 is 11.9 Å². The average molecular weight is 343 g/mol. The summed E-state index contributed by atoms with van der Waals surface area (Å²) in [6.07, 6.45) is 3.37. The molecule has 124 valence electrons. The van der Waals surface area contributed by atoms with Crippen LogP contribution < -0.4 is 4.90 Å². The quantitative estimate of drug-likeness (QED) is 0.366. The van der Waals surface area contributed by atoms with Crippen LogP contribution in [-0.2, 0) is 9.53 Å². The van der Waals surface area contributed by atoms with Crippen molar-refractivity contribution in [1.82, 2.24) is 9.97 Å². The summed E-state index contributed by atoms with van der Waals surface area (Å²) in [5, 5.41) is 0.581. The molecule has 0 saturated heterocycles. The van der Waals surface area contributed by atoms with Gasteiger partial charge < -0.3 is 9.64 Å². The number of esters is 1. The molecule has 0 fully saturated rings. The molecular formula is C17H17N3O3S. The van der Waals surface area contributed by atoms with Gasteiger partial charge in [0.15, 0.2) is 10.9 Å². The molecular weight excluding hydrogens is 326 g/mol. The Balaban J connectivity index is 2.09. The highest BCUT2D eigenvalue weighted by molar-refractivity contribution is 7.98. The predicted octanol–water partition coefficient (Wildman–Crippen LogP) is 2.71. The van der Waals surface area contributed by atoms with Gasteiger partial charge in [-0.05, 0) is 25.3 Å². The van der Waals surface area contributed by atoms with E-state index >= 15 is 0 Å². The lowest BCUT2D eigenvalue weighted by Gasteiger charge is -2.33. The molecule has 6 nitrogen and oxygen atoms in total. The second kappa shape index (κ2) is 7.00. The molecule has 0 aliphatic carbocycles. The minimum Gasteiger partial charge on any atom is -0.465 e. The Labute approximate surface area is 144 Å². The van der Waals surface area contributed by atoms with E-state index in [4.69, 9.17) is 4.74 Å². The zero-order chi connectivity index (χ0) is 17.1. The van der Waals surface area contributed by atoms with Gasteiger partial charge in [0.2, 0.25) is 0 Å². The van der Waals surface area contributed by atoms with Gasteiger partial charge in [-0.25, -0.2) is 9.97 Å². The lowest BCUT2D eigenvalue weighted by Crippen LogP contribution is -2.42. The normalized spacial score (nSPS) is 16.7. The van der Waals surface area contributed by atoms with Crippen molar-refractivity contribution >= 4 is 35.0 Å². The number of anilines is 2. The Morgan fingerprint density at radius 1 is 1.38 bits per heavy atom. The van der Waals surface area contributed by atoms with Crippen molar-refractivity contribution in [3.63, 3.8) is 0 Å². The largest absolute Gasteiger partial charge is 0.465 e. The SMILES string of the molecule is CCOC(=O)C1CN(c2ccccc2)c2nc(SC)ncc2C1=O. The minimum absolute atomic E-state index is 0.208. The summed E-state index contributed by atoms with van der Waals surface area (Å²) in [5.74, 6) is -1.14. The third-order valence-corrected chi connectivity index (χ3v) is 4.33. The van der Waals surface area contributed by atoms with Gasteiger partial charge in [-0.15, -0.1) is 0 Å². The van der Waals surface area contributed by atoms with Crippen LogP contribution in [0.15, 0.2) is 41.7 Å². The number of Topliss-reactive ketones (excluding diaryl/α,β-unsaturated/α-hetero) is 1. The van der Waals surface area contributed by atoms with Crippen molar-refractivity contribution in [3.05, 3.63) is 42.1 Å². The van der Waals surface area contributed by atoms with Crippen molar-refractivity contribution in [1.29, 1.82) is 0 Å². The van der Waals surface area contributed by atoms with E-state index in [2.05, 4.69) is 9.97 Å². The molecule has 0 radical (unpaired) electrons. The molecule has 2 aromatic rings. The van der Waals surface area contributed by atoms with Gasteiger partial charge in [0.25, 0.3) is 0 Å². The fraction of sp³-hybridized carbons (Fsp3) is 0.294. The fourth-order valence-corrected chi connectivity index (χ4v) is 2.97. The van der Waals surface area contributed by atoms with Crippen LogP contribution >= 0.6 is 11.8 Å². The number of ketones is 1. The molecule has 7 heteroatoms. The number of ether oxygens (including phenoxy) is 1. The molecule has 1 unspecified atom stereocenters. The number of nitrogens with zero attached hydrogens (tertiary/aromatic N) is 3. The van der Waals surface area contributed by atoms with Crippen LogP contribution in [0.3, 0.4) is 0 Å². The molecule has 3 rings (SSSR count). The summed E-state index contributed by atoms with van der Waals surface area (Å²) < 4.78 is 5.06. The minimum atomic E-state index is -0.874. The lowest BCUT2D eigenvalue weighted by atomic mass is 9.93. The molecule has 0 saturated carbocycles. The van der Waals surface area contributed by atoms with Crippen LogP contribution in [0.4, 0.5) is 11.5 Å². The van der Waals surface area contributed by atoms with Crippen LogP contribution in [0.1, 0.15) is 17.3 Å². The predicted molar refractivity (Wildman–Crippen MR) is 91.7 cm³/mol. The van der Waals surface area contributed by atoms with E-state index in [-0.39, 0.29) is 18.9 Å². The van der Waals surface area contributed by atoms with Crippen molar-refractivity contribution in [2.45, 2.75) is 12.1 Å². The highest BCUT2D eigenvalue weighted by Gasteiger charge is 2.39. The smallest absolute Gasteiger partial charge is 0.318 e. The number of aromatic nitrogens is 2. The Bertz CT molecular complexity index is 767. The van der Waals surface area contributed by atoms with Gasteiger partial charge in [-0.3, -0.25) is 9.59 Å². The number of carbonyl (C=O) groups is 2. The second-order valence-electron chi connectivity index (χ2n) is 5.21. The zero-order valence-electron chi connectivity index (χ0n) is 13.4. The van der Waals surface area contributed by atoms with Crippen molar-refractivity contribution in [2.24, 2.45) is 5.92 Å². The van der Waals surface area contributed by atoms with E-state index in [9.17, 15) is 9.59 Å². The highest BCUT2D eigenvalue weighted by Crippen LogP contribution is 2.34. The molecule has 1 aliphatic rings. The number of hydrogen-bond donors (Lipinski definition) is 0. The lowest BCUT2D eigenvalue weighted by molar-refractivity contribution is -0.145. The van der Waals surface area contributed by atoms with Crippen molar-refractivity contribution in [2.75, 3.05) is 24.3 Å². The molecule has 24 heavy (non-hydrogen) atoms. The standard InChI is InChI=1S/C17H17N3O3S/c1-3-23-16(22)13-10-20(11-7-5-4-6-8-11)15-12(14(13)21)9-18-17(19-15)24-2/h4-9,13H,3,10H2,1-2H3. The average Bonchev–Trinajstić information content (AvgIpc) is 2.62. The highest BCUT2D eigenvalue weighted by atomic mass is 32.2. The van der Waals surface area contributed by atoms with E-state index in [0.717, 1.165) is 5.69 Å². The van der Waals surface area contributed by atoms with Crippen molar-refractivity contribution in [3.8, 4) is 0 Å². The fourth-order valence-electron chi connectivity index (χ4n) is 2.63. The van der Waals surface area contributed by atoms with Gasteiger partial charge in [0, 0.05) is 18.4 Å². The molecule has 0 spiro atoms. The van der Waals surface area contributed by atoms with Gasteiger partial charge in [-0.2, -0.15) is 0 Å². The van der Waals surface area contributed by atoms with Crippen LogP contribution in [0.5, 0.6) is 0 Å². The van der Waals surface area contributed by atoms with Crippen LogP contribution in [-0.4, -0.2) is 41.1 Å². The zero-order valence-corrected chi connectivity index (χ0v) is 14.2. The number of thioether (sulfide) groups is 1. The third kappa shape index (κ3) is 2.99. The number of rotatable bonds is 4. The number of carbonyl (C=O) groups excluding carboxylic acids is 2. The van der Waals surface area contributed by atoms with Crippen molar-refractivity contribution < 1.29 is 14.3 Å². The first-order chi connectivity index (χ1) is 11.7. The number of benzene rings is 1. The monoisotopic (exact) mass is 343 g/mol. The Hall–Kier alpha value is -2.41. The van der Waals surface area contributed by atoms with E-state index in [1.54, 1.807) is 6.92 Å². The molecule has 1 aromatic heterocycles. The number of para-hydroxylation sites is 1. The first kappa shape index (κ1) is 16.4. The topological polar surface area (TPSA) is 72.4 Å². The first-order valence-corrected chi connectivity index (χ1v) is 8.82. The first-order valence-electron chi connectivity index (χ1n) is 7.60. The molecule has 0 bridgehead atoms. The maximum absolute atomic E-state index is 12.7. The van der Waals surface area contributed by atoms with E-state index in [0.29, 0.717) is 16.5 Å². The maximum Gasteiger partial charge on any atom is 0.318 e. The molecule has 0 N–H and O–H groups in total. The van der Waals surface area contributed by atoms with Gasteiger partial charge in [-0.1, -0.05) is 30.0 Å². The summed E-state index contributed by atoms with van der Waals surface area (Å²) >= 11 is 1.40. The maximum atomic E-state index is 12.7. The molecule has 1 aromatic carbocycles.